The van der Waals surface area contributed by atoms with Gasteiger partial charge in [0.1, 0.15) is 0 Å². The molecule has 18 heavy (non-hydrogen) atoms. The molecule has 0 saturated heterocycles. The fraction of sp³-hybridized carbons (Fsp3) is 0.571. The monoisotopic (exact) mass is 249 g/mol. The summed E-state index contributed by atoms with van der Waals surface area (Å²) < 4.78 is 0. The number of carbonyl (C=O) groups excluding carboxylic acids is 1. The van der Waals surface area contributed by atoms with Gasteiger partial charge in [-0.1, -0.05) is 6.92 Å². The fourth-order valence-corrected chi connectivity index (χ4v) is 1.39. The Balaban J connectivity index is 2.41. The van der Waals surface area contributed by atoms with Gasteiger partial charge in [0.25, 0.3) is 0 Å². The van der Waals surface area contributed by atoms with Gasteiger partial charge in [0, 0.05) is 24.5 Å². The van der Waals surface area contributed by atoms with Crippen LogP contribution in [0.15, 0.2) is 24.5 Å². The predicted octanol–water partition coefficient (Wildman–Crippen LogP) is 1.86. The number of nitrogens with zero attached hydrogens (tertiary/aromatic N) is 1. The Hall–Kier alpha value is -1.42. The zero-order valence-electron chi connectivity index (χ0n) is 11.7. The minimum Gasteiger partial charge on any atom is -0.350 e. The Kier molecular flexibility index (Phi) is 5.28. The molecule has 0 radical (unpaired) electrons. The van der Waals surface area contributed by atoms with Crippen LogP contribution in [0.25, 0.3) is 0 Å². The molecule has 1 aromatic rings. The van der Waals surface area contributed by atoms with E-state index in [9.17, 15) is 4.79 Å². The number of carbonyl (C=O) groups is 1. The number of rotatable bonds is 6. The zero-order valence-corrected chi connectivity index (χ0v) is 11.7. The molecule has 0 aliphatic rings. The minimum atomic E-state index is -0.205. The molecule has 0 aliphatic carbocycles. The third-order valence-electron chi connectivity index (χ3n) is 3.10. The number of aromatic nitrogens is 1. The second-order valence-corrected chi connectivity index (χ2v) is 5.18. The van der Waals surface area contributed by atoms with Crippen molar-refractivity contribution in [2.45, 2.75) is 52.2 Å². The lowest BCUT2D eigenvalue weighted by atomic mass is 10.0. The van der Waals surface area contributed by atoms with Crippen LogP contribution >= 0.6 is 0 Å². The number of pyridine rings is 1. The average molecular weight is 249 g/mol. The van der Waals surface area contributed by atoms with Crippen LogP contribution in [-0.2, 0) is 11.3 Å². The molecule has 0 fully saturated rings. The van der Waals surface area contributed by atoms with E-state index in [-0.39, 0.29) is 17.5 Å². The van der Waals surface area contributed by atoms with Crippen LogP contribution in [0.5, 0.6) is 0 Å². The van der Waals surface area contributed by atoms with Gasteiger partial charge in [0.05, 0.1) is 6.04 Å². The molecule has 0 aliphatic heterocycles. The Morgan fingerprint density at radius 2 is 2.00 bits per heavy atom. The second-order valence-electron chi connectivity index (χ2n) is 5.18. The summed E-state index contributed by atoms with van der Waals surface area (Å²) in [6, 6.07) is 3.67. The van der Waals surface area contributed by atoms with Gasteiger partial charge in [-0.2, -0.15) is 0 Å². The first-order chi connectivity index (χ1) is 8.44. The van der Waals surface area contributed by atoms with Crippen LogP contribution in [0.2, 0.25) is 0 Å². The largest absolute Gasteiger partial charge is 0.350 e. The van der Waals surface area contributed by atoms with E-state index in [2.05, 4.69) is 22.5 Å². The van der Waals surface area contributed by atoms with E-state index in [1.54, 1.807) is 12.4 Å². The molecule has 1 atom stereocenters. The minimum absolute atomic E-state index is 0.0379. The van der Waals surface area contributed by atoms with Crippen LogP contribution in [0, 0.1) is 0 Å². The van der Waals surface area contributed by atoms with Crippen molar-refractivity contribution in [1.82, 2.24) is 15.6 Å². The van der Waals surface area contributed by atoms with Gasteiger partial charge in [-0.25, -0.2) is 0 Å². The quantitative estimate of drug-likeness (QED) is 0.809. The van der Waals surface area contributed by atoms with E-state index in [0.29, 0.717) is 6.54 Å². The Morgan fingerprint density at radius 3 is 2.56 bits per heavy atom. The summed E-state index contributed by atoms with van der Waals surface area (Å²) in [6.07, 6.45) is 4.42. The lowest BCUT2D eigenvalue weighted by molar-refractivity contribution is -0.124. The molecule has 0 saturated carbocycles. The number of hydrogen-bond acceptors (Lipinski definition) is 3. The van der Waals surface area contributed by atoms with Gasteiger partial charge in [0.15, 0.2) is 0 Å². The molecule has 100 valence electrons. The molecule has 0 bridgehead atoms. The highest BCUT2D eigenvalue weighted by Crippen LogP contribution is 2.07. The summed E-state index contributed by atoms with van der Waals surface area (Å²) >= 11 is 0. The third kappa shape index (κ3) is 4.84. The van der Waals surface area contributed by atoms with Crippen LogP contribution in [-0.4, -0.2) is 22.5 Å². The van der Waals surface area contributed by atoms with Crippen LogP contribution < -0.4 is 10.6 Å². The standard InChI is InChI=1S/C14H23N3O/c1-5-14(3,4)17-13(18)11(2)16-10-12-6-8-15-9-7-12/h6-9,11,16H,5,10H2,1-4H3,(H,17,18). The number of hydrogen-bond donors (Lipinski definition) is 2. The first kappa shape index (κ1) is 14.6. The van der Waals surface area contributed by atoms with Crippen molar-refractivity contribution < 1.29 is 4.79 Å². The molecule has 4 heteroatoms. The maximum Gasteiger partial charge on any atom is 0.237 e. The van der Waals surface area contributed by atoms with E-state index in [1.165, 1.54) is 0 Å². The van der Waals surface area contributed by atoms with E-state index in [1.807, 2.05) is 32.9 Å². The molecular formula is C14H23N3O. The molecule has 1 aromatic heterocycles. The average Bonchev–Trinajstić information content (AvgIpc) is 2.36. The van der Waals surface area contributed by atoms with Crippen molar-refractivity contribution in [3.05, 3.63) is 30.1 Å². The van der Waals surface area contributed by atoms with Gasteiger partial charge in [-0.15, -0.1) is 0 Å². The maximum absolute atomic E-state index is 12.0. The molecular weight excluding hydrogens is 226 g/mol. The highest BCUT2D eigenvalue weighted by atomic mass is 16.2. The van der Waals surface area contributed by atoms with Gasteiger partial charge in [-0.3, -0.25) is 9.78 Å². The summed E-state index contributed by atoms with van der Waals surface area (Å²) in [6.45, 7) is 8.67. The van der Waals surface area contributed by atoms with E-state index in [4.69, 9.17) is 0 Å². The molecule has 4 nitrogen and oxygen atoms in total. The smallest absolute Gasteiger partial charge is 0.237 e. The van der Waals surface area contributed by atoms with Crippen LogP contribution in [0.4, 0.5) is 0 Å². The fourth-order valence-electron chi connectivity index (χ4n) is 1.39. The summed E-state index contributed by atoms with van der Waals surface area (Å²) in [7, 11) is 0. The summed E-state index contributed by atoms with van der Waals surface area (Å²) in [5.41, 5.74) is 0.975. The van der Waals surface area contributed by atoms with Gasteiger partial charge < -0.3 is 10.6 Å². The molecule has 0 aromatic carbocycles. The first-order valence-corrected chi connectivity index (χ1v) is 6.39. The first-order valence-electron chi connectivity index (χ1n) is 6.39. The van der Waals surface area contributed by atoms with Gasteiger partial charge in [0.2, 0.25) is 5.91 Å². The molecule has 2 N–H and O–H groups in total. The molecule has 1 unspecified atom stereocenters. The topological polar surface area (TPSA) is 54.0 Å². The molecule has 1 heterocycles. The van der Waals surface area contributed by atoms with Crippen molar-refractivity contribution in [2.24, 2.45) is 0 Å². The van der Waals surface area contributed by atoms with Crippen LogP contribution in [0.3, 0.4) is 0 Å². The Labute approximate surface area is 109 Å². The van der Waals surface area contributed by atoms with Gasteiger partial charge >= 0.3 is 0 Å². The lowest BCUT2D eigenvalue weighted by Crippen LogP contribution is -2.50. The van der Waals surface area contributed by atoms with Crippen molar-refractivity contribution in [3.63, 3.8) is 0 Å². The van der Waals surface area contributed by atoms with Crippen LogP contribution in [0.1, 0.15) is 39.7 Å². The highest BCUT2D eigenvalue weighted by Gasteiger charge is 2.21. The van der Waals surface area contributed by atoms with E-state index >= 15 is 0 Å². The zero-order chi connectivity index (χ0) is 13.6. The van der Waals surface area contributed by atoms with E-state index in [0.717, 1.165) is 12.0 Å². The second kappa shape index (κ2) is 6.50. The SMILES string of the molecule is CCC(C)(C)NC(=O)C(C)NCc1ccncc1. The summed E-state index contributed by atoms with van der Waals surface area (Å²) in [5, 5.41) is 6.23. The highest BCUT2D eigenvalue weighted by molar-refractivity contribution is 5.81. The predicted molar refractivity (Wildman–Crippen MR) is 73.1 cm³/mol. The molecule has 1 amide bonds. The molecule has 1 rings (SSSR count). The van der Waals surface area contributed by atoms with E-state index < -0.39 is 0 Å². The maximum atomic E-state index is 12.0. The number of nitrogens with one attached hydrogen (secondary N) is 2. The number of amides is 1. The van der Waals surface area contributed by atoms with Gasteiger partial charge in [-0.05, 0) is 44.9 Å². The summed E-state index contributed by atoms with van der Waals surface area (Å²) in [5.74, 6) is 0.0379. The van der Waals surface area contributed by atoms with Crippen molar-refractivity contribution in [2.75, 3.05) is 0 Å². The Bertz CT molecular complexity index is 376. The summed E-state index contributed by atoms with van der Waals surface area (Å²) in [4.78, 5) is 15.9. The molecule has 0 spiro atoms. The third-order valence-corrected chi connectivity index (χ3v) is 3.10. The van der Waals surface area contributed by atoms with Crippen molar-refractivity contribution >= 4 is 5.91 Å². The van der Waals surface area contributed by atoms with Crippen molar-refractivity contribution in [3.8, 4) is 0 Å². The Morgan fingerprint density at radius 1 is 1.39 bits per heavy atom. The normalized spacial score (nSPS) is 13.1. The van der Waals surface area contributed by atoms with Crippen molar-refractivity contribution in [1.29, 1.82) is 0 Å². The lowest BCUT2D eigenvalue weighted by Gasteiger charge is -2.26.